The van der Waals surface area contributed by atoms with Crippen molar-refractivity contribution in [2.45, 2.75) is 13.0 Å². The van der Waals surface area contributed by atoms with Gasteiger partial charge in [-0.2, -0.15) is 0 Å². The third kappa shape index (κ3) is 3.25. The zero-order valence-corrected chi connectivity index (χ0v) is 15.5. The number of imidazole rings is 1. The molecule has 1 N–H and O–H groups in total. The number of aromatic amines is 1. The Kier molecular flexibility index (Phi) is 4.29. The molecule has 0 atom stereocenters. The maximum absolute atomic E-state index is 12.7. The molecule has 7 heteroatoms. The summed E-state index contributed by atoms with van der Waals surface area (Å²) in [5.74, 6) is 1.07. The van der Waals surface area contributed by atoms with E-state index in [1.54, 1.807) is 0 Å². The van der Waals surface area contributed by atoms with Crippen molar-refractivity contribution in [1.82, 2.24) is 24.9 Å². The minimum atomic E-state index is 0.0995. The second-order valence-electron chi connectivity index (χ2n) is 7.16. The first-order chi connectivity index (χ1) is 13.8. The van der Waals surface area contributed by atoms with E-state index in [4.69, 9.17) is 4.52 Å². The molecule has 0 saturated carbocycles. The number of para-hydroxylation sites is 3. The van der Waals surface area contributed by atoms with E-state index >= 15 is 0 Å². The quantitative estimate of drug-likeness (QED) is 0.593. The number of benzene rings is 2. The lowest BCUT2D eigenvalue weighted by molar-refractivity contribution is -0.132. The van der Waals surface area contributed by atoms with Crippen LogP contribution >= 0.6 is 0 Å². The summed E-state index contributed by atoms with van der Waals surface area (Å²) in [6.07, 6.45) is 0.278. The number of nitrogens with zero attached hydrogens (tertiary/aromatic N) is 4. The van der Waals surface area contributed by atoms with E-state index in [-0.39, 0.29) is 12.3 Å². The Hall–Kier alpha value is -3.19. The molecular formula is C21H21N5O2. The molecule has 0 aliphatic carbocycles. The third-order valence-corrected chi connectivity index (χ3v) is 5.31. The summed E-state index contributed by atoms with van der Waals surface area (Å²) in [6.45, 7) is 3.87. The maximum atomic E-state index is 12.7. The van der Waals surface area contributed by atoms with Crippen LogP contribution in [-0.4, -0.2) is 57.0 Å². The van der Waals surface area contributed by atoms with Crippen molar-refractivity contribution in [3.8, 4) is 0 Å². The highest BCUT2D eigenvalue weighted by Crippen LogP contribution is 2.19. The van der Waals surface area contributed by atoms with Crippen LogP contribution in [0.1, 0.15) is 11.5 Å². The Labute approximate surface area is 161 Å². The van der Waals surface area contributed by atoms with Gasteiger partial charge in [-0.1, -0.05) is 29.4 Å². The Morgan fingerprint density at radius 3 is 2.68 bits per heavy atom. The van der Waals surface area contributed by atoms with Crippen LogP contribution in [0.25, 0.3) is 22.0 Å². The van der Waals surface area contributed by atoms with Gasteiger partial charge in [-0.25, -0.2) is 4.98 Å². The number of amides is 1. The molecule has 1 aliphatic heterocycles. The van der Waals surface area contributed by atoms with Crippen LogP contribution in [0.5, 0.6) is 0 Å². The molecule has 1 saturated heterocycles. The summed E-state index contributed by atoms with van der Waals surface area (Å²) in [7, 11) is 0. The zero-order chi connectivity index (χ0) is 18.9. The number of carbonyl (C=O) groups is 1. The predicted octanol–water partition coefficient (Wildman–Crippen LogP) is 2.59. The average molecular weight is 375 g/mol. The highest BCUT2D eigenvalue weighted by molar-refractivity contribution is 5.86. The average Bonchev–Trinajstić information content (AvgIpc) is 3.32. The fourth-order valence-electron chi connectivity index (χ4n) is 3.77. The van der Waals surface area contributed by atoms with Gasteiger partial charge in [0.25, 0.3) is 0 Å². The van der Waals surface area contributed by atoms with Gasteiger partial charge in [0.2, 0.25) is 5.91 Å². The van der Waals surface area contributed by atoms with Crippen molar-refractivity contribution in [2.75, 3.05) is 26.2 Å². The Balaban J connectivity index is 1.19. The Morgan fingerprint density at radius 1 is 1.04 bits per heavy atom. The van der Waals surface area contributed by atoms with Gasteiger partial charge in [-0.15, -0.1) is 0 Å². The number of nitrogens with one attached hydrogen (secondary N) is 1. The summed E-state index contributed by atoms with van der Waals surface area (Å²) >= 11 is 0. The van der Waals surface area contributed by atoms with Crippen LogP contribution in [0, 0.1) is 0 Å². The lowest BCUT2D eigenvalue weighted by atomic mass is 10.1. The lowest BCUT2D eigenvalue weighted by Crippen LogP contribution is -2.48. The van der Waals surface area contributed by atoms with Gasteiger partial charge in [0.1, 0.15) is 11.5 Å². The smallest absolute Gasteiger partial charge is 0.228 e. The third-order valence-electron chi connectivity index (χ3n) is 5.31. The van der Waals surface area contributed by atoms with Crippen molar-refractivity contribution < 1.29 is 9.32 Å². The number of piperazine rings is 1. The number of aromatic nitrogens is 3. The monoisotopic (exact) mass is 375 g/mol. The summed E-state index contributed by atoms with van der Waals surface area (Å²) in [6, 6.07) is 15.7. The molecule has 0 bridgehead atoms. The van der Waals surface area contributed by atoms with Crippen molar-refractivity contribution >= 4 is 27.9 Å². The summed E-state index contributed by atoms with van der Waals surface area (Å²) in [5.41, 5.74) is 3.49. The van der Waals surface area contributed by atoms with Crippen molar-refractivity contribution in [1.29, 1.82) is 0 Å². The molecule has 0 unspecified atom stereocenters. The van der Waals surface area contributed by atoms with Crippen LogP contribution in [0.4, 0.5) is 0 Å². The normalized spacial score (nSPS) is 15.5. The van der Waals surface area contributed by atoms with Gasteiger partial charge >= 0.3 is 0 Å². The first-order valence-corrected chi connectivity index (χ1v) is 9.53. The van der Waals surface area contributed by atoms with Crippen LogP contribution in [0.3, 0.4) is 0 Å². The molecule has 3 heterocycles. The zero-order valence-electron chi connectivity index (χ0n) is 15.5. The van der Waals surface area contributed by atoms with E-state index in [2.05, 4.69) is 20.0 Å². The fraction of sp³-hybridized carbons (Fsp3) is 0.286. The number of fused-ring (bicyclic) bond motifs is 2. The second-order valence-corrected chi connectivity index (χ2v) is 7.16. The highest BCUT2D eigenvalue weighted by Gasteiger charge is 2.23. The van der Waals surface area contributed by atoms with Gasteiger partial charge in [0.05, 0.1) is 24.0 Å². The molecule has 2 aromatic heterocycles. The lowest BCUT2D eigenvalue weighted by Gasteiger charge is -2.34. The van der Waals surface area contributed by atoms with Crippen LogP contribution < -0.4 is 0 Å². The fourth-order valence-corrected chi connectivity index (χ4v) is 3.77. The number of H-pyrrole nitrogens is 1. The molecule has 1 fully saturated rings. The van der Waals surface area contributed by atoms with E-state index in [9.17, 15) is 4.79 Å². The van der Waals surface area contributed by atoms with Crippen molar-refractivity contribution in [3.05, 3.63) is 60.0 Å². The van der Waals surface area contributed by atoms with E-state index in [0.717, 1.165) is 60.6 Å². The molecule has 1 aliphatic rings. The maximum Gasteiger partial charge on any atom is 0.228 e. The number of hydrogen-bond donors (Lipinski definition) is 1. The van der Waals surface area contributed by atoms with Crippen molar-refractivity contribution in [2.24, 2.45) is 0 Å². The van der Waals surface area contributed by atoms with Gasteiger partial charge < -0.3 is 14.4 Å². The van der Waals surface area contributed by atoms with Crippen LogP contribution in [0.15, 0.2) is 53.1 Å². The first kappa shape index (κ1) is 16.9. The van der Waals surface area contributed by atoms with E-state index in [0.29, 0.717) is 5.69 Å². The highest BCUT2D eigenvalue weighted by atomic mass is 16.5. The summed E-state index contributed by atoms with van der Waals surface area (Å²) in [4.78, 5) is 25.0. The molecule has 5 rings (SSSR count). The van der Waals surface area contributed by atoms with Gasteiger partial charge in [-0.05, 0) is 24.3 Å². The SMILES string of the molecule is O=C(Cc1noc2ccccc12)N1CCN(Cc2nc3ccccc3[nH]2)CC1. The molecule has 142 valence electrons. The number of rotatable bonds is 4. The molecule has 7 nitrogen and oxygen atoms in total. The van der Waals surface area contributed by atoms with Crippen LogP contribution in [0.2, 0.25) is 0 Å². The van der Waals surface area contributed by atoms with Crippen molar-refractivity contribution in [3.63, 3.8) is 0 Å². The van der Waals surface area contributed by atoms with Gasteiger partial charge in [0.15, 0.2) is 5.58 Å². The molecule has 28 heavy (non-hydrogen) atoms. The predicted molar refractivity (Wildman–Crippen MR) is 106 cm³/mol. The molecule has 0 radical (unpaired) electrons. The standard InChI is InChI=1S/C21H21N5O2/c27-21(13-18-15-5-1-4-8-19(15)28-24-18)26-11-9-25(10-12-26)14-20-22-16-6-2-3-7-17(16)23-20/h1-8H,9-14H2,(H,22,23). The molecule has 2 aromatic carbocycles. The van der Waals surface area contributed by atoms with Crippen LogP contribution in [-0.2, 0) is 17.8 Å². The molecule has 0 spiro atoms. The number of carbonyl (C=O) groups excluding carboxylic acids is 1. The molecular weight excluding hydrogens is 354 g/mol. The molecule has 1 amide bonds. The van der Waals surface area contributed by atoms with E-state index < -0.39 is 0 Å². The molecule has 4 aromatic rings. The summed E-state index contributed by atoms with van der Waals surface area (Å²) < 4.78 is 5.31. The minimum Gasteiger partial charge on any atom is -0.356 e. The van der Waals surface area contributed by atoms with Gasteiger partial charge in [0, 0.05) is 31.6 Å². The Bertz CT molecular complexity index is 1090. The minimum absolute atomic E-state index is 0.0995. The van der Waals surface area contributed by atoms with E-state index in [1.165, 1.54) is 0 Å². The second kappa shape index (κ2) is 7.09. The largest absolute Gasteiger partial charge is 0.356 e. The topological polar surface area (TPSA) is 78.3 Å². The van der Waals surface area contributed by atoms with E-state index in [1.807, 2.05) is 53.4 Å². The summed E-state index contributed by atoms with van der Waals surface area (Å²) in [5, 5.41) is 4.99. The van der Waals surface area contributed by atoms with Gasteiger partial charge in [-0.3, -0.25) is 9.69 Å². The Morgan fingerprint density at radius 2 is 1.82 bits per heavy atom. The first-order valence-electron chi connectivity index (χ1n) is 9.53. The number of hydrogen-bond acceptors (Lipinski definition) is 5.